The topological polar surface area (TPSA) is 144 Å². The first-order valence-electron chi connectivity index (χ1n) is 8.26. The van der Waals surface area contributed by atoms with Gasteiger partial charge >= 0.3 is 11.9 Å². The number of carbonyl (C=O) groups is 2. The number of esters is 2. The number of aryl methyl sites for hydroxylation is 1. The monoisotopic (exact) mass is 404 g/mol. The molecule has 0 spiro atoms. The second kappa shape index (κ2) is 7.73. The first-order chi connectivity index (χ1) is 13.3. The van der Waals surface area contributed by atoms with Crippen molar-refractivity contribution in [3.8, 4) is 0 Å². The van der Waals surface area contributed by atoms with Gasteiger partial charge < -0.3 is 25.4 Å². The van der Waals surface area contributed by atoms with Gasteiger partial charge in [-0.05, 0) is 32.0 Å². The molecule has 0 bridgehead atoms. The Balaban J connectivity index is 1.86. The van der Waals surface area contributed by atoms with Gasteiger partial charge in [0.2, 0.25) is 5.71 Å². The summed E-state index contributed by atoms with van der Waals surface area (Å²) in [4.78, 5) is 32.6. The van der Waals surface area contributed by atoms with Crippen molar-refractivity contribution in [2.24, 2.45) is 0 Å². The van der Waals surface area contributed by atoms with Crippen molar-refractivity contribution in [1.82, 2.24) is 9.97 Å². The third kappa shape index (κ3) is 3.70. The first-order valence-corrected chi connectivity index (χ1v) is 8.64. The van der Waals surface area contributed by atoms with Crippen LogP contribution in [0.15, 0.2) is 22.6 Å². The number of nitrogen functional groups attached to an aromatic ring is 2. The third-order valence-corrected chi connectivity index (χ3v) is 4.08. The molecule has 0 aliphatic rings. The summed E-state index contributed by atoms with van der Waals surface area (Å²) in [6.07, 6.45) is 0. The number of fused-ring (bicyclic) bond motifs is 1. The number of benzene rings is 1. The fraction of sp³-hybridized carbons (Fsp3) is 0.222. The van der Waals surface area contributed by atoms with E-state index >= 15 is 0 Å². The predicted molar refractivity (Wildman–Crippen MR) is 102 cm³/mol. The standard InChI is InChI=1S/C18H17ClN4O5/c1-3-26-18(25)13-8(2)28-16-14(13)15(21)22-12(23-16)7-27-17(24)10-6-9(19)4-5-11(10)20/h4-6H,3,7,20H2,1-2H3,(H2,21,22,23). The van der Waals surface area contributed by atoms with E-state index in [1.807, 2.05) is 0 Å². The fourth-order valence-electron chi connectivity index (χ4n) is 2.61. The minimum absolute atomic E-state index is 0.0122. The summed E-state index contributed by atoms with van der Waals surface area (Å²) in [5.74, 6) is -0.855. The molecule has 0 saturated heterocycles. The van der Waals surface area contributed by atoms with Crippen LogP contribution >= 0.6 is 11.6 Å². The van der Waals surface area contributed by atoms with Crippen LogP contribution in [0, 0.1) is 6.92 Å². The van der Waals surface area contributed by atoms with E-state index < -0.39 is 11.9 Å². The molecule has 2 heterocycles. The lowest BCUT2D eigenvalue weighted by Crippen LogP contribution is -2.11. The Hall–Kier alpha value is -3.33. The lowest BCUT2D eigenvalue weighted by Gasteiger charge is -2.07. The highest BCUT2D eigenvalue weighted by atomic mass is 35.5. The number of nitrogens with two attached hydrogens (primary N) is 2. The van der Waals surface area contributed by atoms with Crippen LogP contribution in [0.2, 0.25) is 5.02 Å². The van der Waals surface area contributed by atoms with E-state index in [2.05, 4.69) is 9.97 Å². The van der Waals surface area contributed by atoms with E-state index in [4.69, 9.17) is 37.0 Å². The maximum absolute atomic E-state index is 12.2. The number of furan rings is 1. The largest absolute Gasteiger partial charge is 0.462 e. The third-order valence-electron chi connectivity index (χ3n) is 3.85. The molecule has 0 radical (unpaired) electrons. The molecule has 3 rings (SSSR count). The molecule has 2 aromatic heterocycles. The Morgan fingerprint density at radius 3 is 2.64 bits per heavy atom. The molecule has 0 aliphatic carbocycles. The van der Waals surface area contributed by atoms with Gasteiger partial charge in [-0.3, -0.25) is 0 Å². The highest BCUT2D eigenvalue weighted by Gasteiger charge is 2.24. The molecule has 1 aromatic carbocycles. The van der Waals surface area contributed by atoms with Crippen molar-refractivity contribution in [3.63, 3.8) is 0 Å². The first kappa shape index (κ1) is 19.4. The Morgan fingerprint density at radius 2 is 1.93 bits per heavy atom. The van der Waals surface area contributed by atoms with Crippen molar-refractivity contribution in [3.05, 3.63) is 45.9 Å². The summed E-state index contributed by atoms with van der Waals surface area (Å²) < 4.78 is 15.7. The van der Waals surface area contributed by atoms with Crippen LogP contribution in [0.5, 0.6) is 0 Å². The Morgan fingerprint density at radius 1 is 1.18 bits per heavy atom. The molecule has 0 unspecified atom stereocenters. The van der Waals surface area contributed by atoms with Crippen LogP contribution in [0.1, 0.15) is 39.2 Å². The van der Waals surface area contributed by atoms with E-state index in [0.29, 0.717) is 10.8 Å². The number of carbonyl (C=O) groups excluding carboxylic acids is 2. The van der Waals surface area contributed by atoms with Gasteiger partial charge in [0.05, 0.1) is 17.6 Å². The van der Waals surface area contributed by atoms with Crippen LogP contribution in [-0.2, 0) is 16.1 Å². The molecule has 0 atom stereocenters. The van der Waals surface area contributed by atoms with E-state index in [1.54, 1.807) is 19.9 Å². The zero-order valence-corrected chi connectivity index (χ0v) is 15.9. The molecule has 9 nitrogen and oxygen atoms in total. The fourth-order valence-corrected chi connectivity index (χ4v) is 2.78. The molecule has 0 fully saturated rings. The highest BCUT2D eigenvalue weighted by Crippen LogP contribution is 2.29. The van der Waals surface area contributed by atoms with Crippen molar-refractivity contribution in [1.29, 1.82) is 0 Å². The summed E-state index contributed by atoms with van der Waals surface area (Å²) in [5, 5.41) is 0.603. The molecule has 0 saturated carbocycles. The number of halogens is 1. The summed E-state index contributed by atoms with van der Waals surface area (Å²) in [6.45, 7) is 3.20. The van der Waals surface area contributed by atoms with Crippen LogP contribution in [0.3, 0.4) is 0 Å². The Labute approximate surface area is 164 Å². The van der Waals surface area contributed by atoms with Gasteiger partial charge in [0, 0.05) is 10.7 Å². The molecule has 3 aromatic rings. The smallest absolute Gasteiger partial charge is 0.342 e. The maximum atomic E-state index is 12.2. The number of aromatic nitrogens is 2. The molecule has 146 valence electrons. The van der Waals surface area contributed by atoms with E-state index in [0.717, 1.165) is 0 Å². The van der Waals surface area contributed by atoms with Gasteiger partial charge in [0.25, 0.3) is 0 Å². The summed E-state index contributed by atoms with van der Waals surface area (Å²) in [5.41, 5.74) is 12.4. The number of rotatable bonds is 5. The number of hydrogen-bond acceptors (Lipinski definition) is 9. The summed E-state index contributed by atoms with van der Waals surface area (Å²) >= 11 is 5.87. The van der Waals surface area contributed by atoms with Crippen LogP contribution in [0.25, 0.3) is 11.1 Å². The molecular formula is C18H17ClN4O5. The SMILES string of the molecule is CCOC(=O)c1c(C)oc2nc(COC(=O)c3cc(Cl)ccc3N)nc(N)c12. The molecular weight excluding hydrogens is 388 g/mol. The number of ether oxygens (including phenoxy) is 2. The Bertz CT molecular complexity index is 1080. The van der Waals surface area contributed by atoms with Gasteiger partial charge in [0.1, 0.15) is 17.1 Å². The molecule has 0 aliphatic heterocycles. The van der Waals surface area contributed by atoms with Gasteiger partial charge in [0.15, 0.2) is 12.4 Å². The van der Waals surface area contributed by atoms with E-state index in [1.165, 1.54) is 12.1 Å². The van der Waals surface area contributed by atoms with Crippen molar-refractivity contribution >= 4 is 46.1 Å². The average molecular weight is 405 g/mol. The molecule has 4 N–H and O–H groups in total. The molecule has 28 heavy (non-hydrogen) atoms. The minimum Gasteiger partial charge on any atom is -0.462 e. The quantitative estimate of drug-likeness (QED) is 0.484. The van der Waals surface area contributed by atoms with Crippen LogP contribution in [0.4, 0.5) is 11.5 Å². The lowest BCUT2D eigenvalue weighted by molar-refractivity contribution is 0.0462. The van der Waals surface area contributed by atoms with E-state index in [-0.39, 0.29) is 52.8 Å². The number of hydrogen-bond donors (Lipinski definition) is 2. The highest BCUT2D eigenvalue weighted by molar-refractivity contribution is 6.31. The van der Waals surface area contributed by atoms with Gasteiger partial charge in [-0.15, -0.1) is 0 Å². The van der Waals surface area contributed by atoms with Gasteiger partial charge in [-0.2, -0.15) is 4.98 Å². The van der Waals surface area contributed by atoms with Crippen LogP contribution in [-0.4, -0.2) is 28.5 Å². The maximum Gasteiger partial charge on any atom is 0.342 e. The second-order valence-electron chi connectivity index (χ2n) is 5.77. The van der Waals surface area contributed by atoms with Crippen molar-refractivity contribution in [2.75, 3.05) is 18.1 Å². The second-order valence-corrected chi connectivity index (χ2v) is 6.20. The Kier molecular flexibility index (Phi) is 5.36. The molecule has 10 heteroatoms. The predicted octanol–water partition coefficient (Wildman–Crippen LogP) is 2.88. The van der Waals surface area contributed by atoms with Gasteiger partial charge in [-0.25, -0.2) is 14.6 Å². The summed E-state index contributed by atoms with van der Waals surface area (Å²) in [6, 6.07) is 4.47. The average Bonchev–Trinajstić information content (AvgIpc) is 2.98. The van der Waals surface area contributed by atoms with Gasteiger partial charge in [-0.1, -0.05) is 11.6 Å². The lowest BCUT2D eigenvalue weighted by atomic mass is 10.2. The summed E-state index contributed by atoms with van der Waals surface area (Å²) in [7, 11) is 0. The molecule has 0 amide bonds. The van der Waals surface area contributed by atoms with Crippen molar-refractivity contribution in [2.45, 2.75) is 20.5 Å². The normalized spacial score (nSPS) is 10.8. The van der Waals surface area contributed by atoms with E-state index in [9.17, 15) is 9.59 Å². The van der Waals surface area contributed by atoms with Crippen molar-refractivity contribution < 1.29 is 23.5 Å². The zero-order valence-electron chi connectivity index (χ0n) is 15.1. The zero-order chi connectivity index (χ0) is 20.4. The minimum atomic E-state index is -0.690. The van der Waals surface area contributed by atoms with Crippen LogP contribution < -0.4 is 11.5 Å². The number of nitrogens with zero attached hydrogens (tertiary/aromatic N) is 2. The number of anilines is 2.